The molecule has 0 saturated carbocycles. The molecule has 38 heavy (non-hydrogen) atoms. The molecular formula is C27H27ClF3N7. The number of nitrogens with one attached hydrogen (secondary N) is 1. The van der Waals surface area contributed by atoms with Crippen molar-refractivity contribution in [2.24, 2.45) is 0 Å². The van der Waals surface area contributed by atoms with Crippen LogP contribution in [0.3, 0.4) is 0 Å². The van der Waals surface area contributed by atoms with Crippen molar-refractivity contribution in [1.82, 2.24) is 24.8 Å². The van der Waals surface area contributed by atoms with Crippen LogP contribution in [0.1, 0.15) is 34.3 Å². The zero-order chi connectivity index (χ0) is 26.6. The number of hydrogen-bond donors (Lipinski definition) is 1. The van der Waals surface area contributed by atoms with Crippen molar-refractivity contribution in [3.05, 3.63) is 75.7 Å². The SMILES string of the molecule is Cc1ccc(C2c3[nH]c4ccc(Cl)cc4c3CCN2c2nc(N3CCN(C)CC3)nc(C(F)(F)F)n2)cc1. The fourth-order valence-corrected chi connectivity index (χ4v) is 5.50. The summed E-state index contributed by atoms with van der Waals surface area (Å²) in [5.74, 6) is -1.09. The smallest absolute Gasteiger partial charge is 0.356 e. The predicted octanol–water partition coefficient (Wildman–Crippen LogP) is 5.24. The van der Waals surface area contributed by atoms with Gasteiger partial charge in [-0.1, -0.05) is 41.4 Å². The number of halogens is 4. The first-order chi connectivity index (χ1) is 18.2. The normalized spacial score (nSPS) is 18.7. The Kier molecular flexibility index (Phi) is 6.19. The summed E-state index contributed by atoms with van der Waals surface area (Å²) in [6.07, 6.45) is -4.09. The standard InChI is InChI=1S/C27H27ClF3N7/c1-16-3-5-17(6-4-16)23-22-19(20-15-18(28)7-8-21(20)32-22)9-10-38(23)26-34-24(27(29,30)31)33-25(35-26)37-13-11-36(2)12-14-37/h3-8,15,23,32H,9-14H2,1-2H3. The van der Waals surface area contributed by atoms with Crippen LogP contribution in [0.4, 0.5) is 25.1 Å². The molecule has 1 fully saturated rings. The first-order valence-electron chi connectivity index (χ1n) is 12.6. The Morgan fingerprint density at radius 1 is 0.921 bits per heavy atom. The van der Waals surface area contributed by atoms with Gasteiger partial charge in [-0.15, -0.1) is 0 Å². The summed E-state index contributed by atoms with van der Waals surface area (Å²) in [4.78, 5) is 21.8. The number of aromatic nitrogens is 4. The van der Waals surface area contributed by atoms with Crippen LogP contribution < -0.4 is 9.80 Å². The van der Waals surface area contributed by atoms with Crippen LogP contribution in [0.5, 0.6) is 0 Å². The highest BCUT2D eigenvalue weighted by atomic mass is 35.5. The van der Waals surface area contributed by atoms with Crippen LogP contribution in [0, 0.1) is 6.92 Å². The molecule has 1 unspecified atom stereocenters. The Hall–Kier alpha value is -3.37. The minimum Gasteiger partial charge on any atom is -0.356 e. The molecular weight excluding hydrogens is 515 g/mol. The molecule has 2 aliphatic heterocycles. The fraction of sp³-hybridized carbons (Fsp3) is 0.370. The van der Waals surface area contributed by atoms with Gasteiger partial charge in [-0.3, -0.25) is 0 Å². The molecule has 1 atom stereocenters. The molecule has 4 heterocycles. The van der Waals surface area contributed by atoms with Crippen molar-refractivity contribution in [1.29, 1.82) is 0 Å². The number of piperazine rings is 1. The summed E-state index contributed by atoms with van der Waals surface area (Å²) >= 11 is 6.31. The molecule has 0 amide bonds. The first-order valence-corrected chi connectivity index (χ1v) is 12.9. The summed E-state index contributed by atoms with van der Waals surface area (Å²) in [6, 6.07) is 13.3. The monoisotopic (exact) mass is 541 g/mol. The van der Waals surface area contributed by atoms with E-state index in [0.717, 1.165) is 46.4 Å². The largest absolute Gasteiger partial charge is 0.451 e. The third-order valence-electron chi connectivity index (χ3n) is 7.39. The van der Waals surface area contributed by atoms with Crippen LogP contribution in [0.2, 0.25) is 5.02 Å². The molecule has 4 aromatic rings. The van der Waals surface area contributed by atoms with E-state index in [4.69, 9.17) is 11.6 Å². The van der Waals surface area contributed by atoms with E-state index in [9.17, 15) is 13.2 Å². The Labute approximate surface area is 223 Å². The van der Waals surface area contributed by atoms with Crippen LogP contribution in [-0.2, 0) is 12.6 Å². The van der Waals surface area contributed by atoms with E-state index in [1.807, 2.05) is 66.2 Å². The molecule has 0 radical (unpaired) electrons. The van der Waals surface area contributed by atoms with Crippen molar-refractivity contribution in [2.45, 2.75) is 25.6 Å². The van der Waals surface area contributed by atoms with Gasteiger partial charge in [-0.25, -0.2) is 0 Å². The lowest BCUT2D eigenvalue weighted by Crippen LogP contribution is -2.45. The minimum absolute atomic E-state index is 0.0224. The minimum atomic E-state index is -4.70. The highest BCUT2D eigenvalue weighted by molar-refractivity contribution is 6.31. The van der Waals surface area contributed by atoms with Gasteiger partial charge in [0.05, 0.1) is 6.04 Å². The number of nitrogens with zero attached hydrogens (tertiary/aromatic N) is 6. The number of aromatic amines is 1. The van der Waals surface area contributed by atoms with Crippen molar-refractivity contribution < 1.29 is 13.2 Å². The van der Waals surface area contributed by atoms with E-state index in [0.29, 0.717) is 31.1 Å². The molecule has 2 aromatic carbocycles. The zero-order valence-corrected chi connectivity index (χ0v) is 21.8. The van der Waals surface area contributed by atoms with E-state index in [2.05, 4.69) is 24.8 Å². The maximum atomic E-state index is 14.0. The summed E-state index contributed by atoms with van der Waals surface area (Å²) < 4.78 is 42.0. The lowest BCUT2D eigenvalue weighted by molar-refractivity contribution is -0.145. The Morgan fingerprint density at radius 3 is 2.34 bits per heavy atom. The van der Waals surface area contributed by atoms with Gasteiger partial charge in [0, 0.05) is 54.3 Å². The Morgan fingerprint density at radius 2 is 1.63 bits per heavy atom. The number of benzene rings is 2. The molecule has 2 aliphatic rings. The number of H-pyrrole nitrogens is 1. The van der Waals surface area contributed by atoms with Gasteiger partial charge < -0.3 is 19.7 Å². The molecule has 11 heteroatoms. The van der Waals surface area contributed by atoms with Gasteiger partial charge in [0.1, 0.15) is 0 Å². The van der Waals surface area contributed by atoms with Gasteiger partial charge in [0.2, 0.25) is 17.7 Å². The van der Waals surface area contributed by atoms with Crippen LogP contribution >= 0.6 is 11.6 Å². The average molecular weight is 542 g/mol. The number of anilines is 2. The molecule has 198 valence electrons. The van der Waals surface area contributed by atoms with Crippen LogP contribution in [0.15, 0.2) is 42.5 Å². The van der Waals surface area contributed by atoms with E-state index in [1.165, 1.54) is 0 Å². The van der Waals surface area contributed by atoms with Crippen LogP contribution in [0.25, 0.3) is 10.9 Å². The maximum absolute atomic E-state index is 14.0. The second-order valence-electron chi connectivity index (χ2n) is 10.0. The predicted molar refractivity (Wildman–Crippen MR) is 142 cm³/mol. The number of alkyl halides is 3. The third kappa shape index (κ3) is 4.56. The Bertz CT molecular complexity index is 1480. The molecule has 7 nitrogen and oxygen atoms in total. The van der Waals surface area contributed by atoms with Crippen molar-refractivity contribution in [2.75, 3.05) is 49.6 Å². The van der Waals surface area contributed by atoms with E-state index < -0.39 is 18.0 Å². The lowest BCUT2D eigenvalue weighted by Gasteiger charge is -2.37. The average Bonchev–Trinajstić information content (AvgIpc) is 3.26. The summed E-state index contributed by atoms with van der Waals surface area (Å²) in [7, 11) is 1.99. The van der Waals surface area contributed by atoms with Crippen molar-refractivity contribution in [3.8, 4) is 0 Å². The summed E-state index contributed by atoms with van der Waals surface area (Å²) in [5, 5.41) is 1.66. The number of fused-ring (bicyclic) bond motifs is 3. The molecule has 0 spiro atoms. The molecule has 0 bridgehead atoms. The molecule has 6 rings (SSSR count). The van der Waals surface area contributed by atoms with Gasteiger partial charge in [0.15, 0.2) is 0 Å². The molecule has 2 aromatic heterocycles. The molecule has 0 aliphatic carbocycles. The second-order valence-corrected chi connectivity index (χ2v) is 10.4. The number of aryl methyl sites for hydroxylation is 1. The Balaban J connectivity index is 1.50. The van der Waals surface area contributed by atoms with E-state index in [-0.39, 0.29) is 11.9 Å². The topological polar surface area (TPSA) is 64.2 Å². The third-order valence-corrected chi connectivity index (χ3v) is 7.63. The van der Waals surface area contributed by atoms with Crippen molar-refractivity contribution >= 4 is 34.4 Å². The van der Waals surface area contributed by atoms with Gasteiger partial charge >= 0.3 is 6.18 Å². The van der Waals surface area contributed by atoms with Crippen molar-refractivity contribution in [3.63, 3.8) is 0 Å². The lowest BCUT2D eigenvalue weighted by atomic mass is 9.92. The van der Waals surface area contributed by atoms with Gasteiger partial charge in [0.25, 0.3) is 0 Å². The quantitative estimate of drug-likeness (QED) is 0.383. The number of hydrogen-bond acceptors (Lipinski definition) is 6. The number of rotatable bonds is 3. The fourth-order valence-electron chi connectivity index (χ4n) is 5.33. The maximum Gasteiger partial charge on any atom is 0.451 e. The highest BCUT2D eigenvalue weighted by Gasteiger charge is 2.39. The van der Waals surface area contributed by atoms with E-state index in [1.54, 1.807) is 0 Å². The second kappa shape index (κ2) is 9.43. The zero-order valence-electron chi connectivity index (χ0n) is 21.1. The molecule has 1 N–H and O–H groups in total. The highest BCUT2D eigenvalue weighted by Crippen LogP contribution is 2.41. The van der Waals surface area contributed by atoms with Crippen LogP contribution in [-0.4, -0.2) is 64.6 Å². The van der Waals surface area contributed by atoms with Gasteiger partial charge in [-0.2, -0.15) is 28.1 Å². The first kappa shape index (κ1) is 24.9. The van der Waals surface area contributed by atoms with E-state index >= 15 is 0 Å². The van der Waals surface area contributed by atoms with Gasteiger partial charge in [-0.05, 0) is 49.7 Å². The number of likely N-dealkylation sites (N-methyl/N-ethyl adjacent to an activating group) is 1. The summed E-state index contributed by atoms with van der Waals surface area (Å²) in [5.41, 5.74) is 4.98. The molecule has 1 saturated heterocycles. The summed E-state index contributed by atoms with van der Waals surface area (Å²) in [6.45, 7) is 4.98.